The molecule has 0 bridgehead atoms. The molecule has 1 aromatic carbocycles. The predicted molar refractivity (Wildman–Crippen MR) is 86.2 cm³/mol. The molecule has 0 saturated carbocycles. The molecule has 0 aliphatic carbocycles. The summed E-state index contributed by atoms with van der Waals surface area (Å²) < 4.78 is 11.0. The van der Waals surface area contributed by atoms with Gasteiger partial charge in [-0.15, -0.1) is 0 Å². The molecule has 0 spiro atoms. The standard InChI is InChI=1S/C16H18BrNO5/c1-2-3-6-22-7-8-23-14(19)10-18-15(20)12-5-4-11(17)9-13(12)16(18)21/h4-5,9H,2-3,6-8,10H2,1H3. The van der Waals surface area contributed by atoms with E-state index in [2.05, 4.69) is 22.9 Å². The molecule has 1 aliphatic rings. The molecule has 0 N–H and O–H groups in total. The lowest BCUT2D eigenvalue weighted by Crippen LogP contribution is -2.36. The van der Waals surface area contributed by atoms with Gasteiger partial charge in [-0.1, -0.05) is 29.3 Å². The van der Waals surface area contributed by atoms with Crippen LogP contribution in [0.15, 0.2) is 22.7 Å². The van der Waals surface area contributed by atoms with Crippen molar-refractivity contribution in [1.29, 1.82) is 0 Å². The van der Waals surface area contributed by atoms with Crippen molar-refractivity contribution in [3.8, 4) is 0 Å². The number of imide groups is 1. The highest BCUT2D eigenvalue weighted by Gasteiger charge is 2.36. The molecule has 0 radical (unpaired) electrons. The van der Waals surface area contributed by atoms with Crippen LogP contribution in [-0.4, -0.2) is 49.0 Å². The number of halogens is 1. The monoisotopic (exact) mass is 383 g/mol. The Kier molecular flexibility index (Phi) is 6.29. The first-order chi connectivity index (χ1) is 11.0. The van der Waals surface area contributed by atoms with Gasteiger partial charge in [0.25, 0.3) is 11.8 Å². The molecule has 1 aromatic rings. The Balaban J connectivity index is 1.83. The van der Waals surface area contributed by atoms with Crippen molar-refractivity contribution in [3.63, 3.8) is 0 Å². The lowest BCUT2D eigenvalue weighted by molar-refractivity contribution is -0.145. The number of unbranched alkanes of at least 4 members (excludes halogenated alkanes) is 1. The summed E-state index contributed by atoms with van der Waals surface area (Å²) in [6.45, 7) is 2.71. The molecule has 0 saturated heterocycles. The summed E-state index contributed by atoms with van der Waals surface area (Å²) in [5, 5.41) is 0. The van der Waals surface area contributed by atoms with Gasteiger partial charge in [0.2, 0.25) is 0 Å². The topological polar surface area (TPSA) is 72.9 Å². The summed E-state index contributed by atoms with van der Waals surface area (Å²) in [6.07, 6.45) is 1.99. The van der Waals surface area contributed by atoms with Gasteiger partial charge in [0.05, 0.1) is 17.7 Å². The van der Waals surface area contributed by atoms with Gasteiger partial charge in [-0.25, -0.2) is 0 Å². The van der Waals surface area contributed by atoms with Crippen molar-refractivity contribution >= 4 is 33.7 Å². The molecule has 23 heavy (non-hydrogen) atoms. The van der Waals surface area contributed by atoms with E-state index in [1.165, 1.54) is 0 Å². The number of carbonyl (C=O) groups excluding carboxylic acids is 3. The first kappa shape index (κ1) is 17.6. The highest BCUT2D eigenvalue weighted by molar-refractivity contribution is 9.10. The second-order valence-corrected chi connectivity index (χ2v) is 5.99. The maximum Gasteiger partial charge on any atom is 0.326 e. The Morgan fingerprint density at radius 3 is 2.61 bits per heavy atom. The molecule has 2 amide bonds. The van der Waals surface area contributed by atoms with Gasteiger partial charge in [0.1, 0.15) is 13.2 Å². The van der Waals surface area contributed by atoms with Gasteiger partial charge in [0, 0.05) is 11.1 Å². The number of hydrogen-bond acceptors (Lipinski definition) is 5. The van der Waals surface area contributed by atoms with E-state index in [0.717, 1.165) is 17.7 Å². The van der Waals surface area contributed by atoms with E-state index in [9.17, 15) is 14.4 Å². The minimum atomic E-state index is -0.627. The van der Waals surface area contributed by atoms with Crippen LogP contribution in [0, 0.1) is 0 Å². The molecule has 2 rings (SSSR count). The van der Waals surface area contributed by atoms with Crippen molar-refractivity contribution in [3.05, 3.63) is 33.8 Å². The number of rotatable bonds is 8. The van der Waals surface area contributed by atoms with Crippen molar-refractivity contribution in [1.82, 2.24) is 4.90 Å². The van der Waals surface area contributed by atoms with Gasteiger partial charge in [-0.3, -0.25) is 19.3 Å². The number of benzene rings is 1. The molecule has 1 heterocycles. The van der Waals surface area contributed by atoms with Crippen molar-refractivity contribution in [2.24, 2.45) is 0 Å². The van der Waals surface area contributed by atoms with E-state index in [0.29, 0.717) is 28.8 Å². The zero-order chi connectivity index (χ0) is 16.8. The van der Waals surface area contributed by atoms with Crippen LogP contribution in [-0.2, 0) is 14.3 Å². The van der Waals surface area contributed by atoms with Crippen LogP contribution in [0.4, 0.5) is 0 Å². The van der Waals surface area contributed by atoms with Crippen LogP contribution in [0.2, 0.25) is 0 Å². The summed E-state index contributed by atoms with van der Waals surface area (Å²) in [6, 6.07) is 4.81. The Hall–Kier alpha value is -1.73. The van der Waals surface area contributed by atoms with E-state index in [4.69, 9.17) is 9.47 Å². The smallest absolute Gasteiger partial charge is 0.326 e. The number of ether oxygens (including phenoxy) is 2. The summed E-state index contributed by atoms with van der Waals surface area (Å²) in [5.41, 5.74) is 0.592. The second kappa shape index (κ2) is 8.21. The number of nitrogens with zero attached hydrogens (tertiary/aromatic N) is 1. The molecule has 0 atom stereocenters. The molecule has 1 aliphatic heterocycles. The van der Waals surface area contributed by atoms with E-state index in [1.54, 1.807) is 18.2 Å². The second-order valence-electron chi connectivity index (χ2n) is 5.07. The summed E-state index contributed by atoms with van der Waals surface area (Å²) in [7, 11) is 0. The average Bonchev–Trinajstić information content (AvgIpc) is 2.75. The molecule has 6 nitrogen and oxygen atoms in total. The van der Waals surface area contributed by atoms with Crippen molar-refractivity contribution in [2.75, 3.05) is 26.4 Å². The van der Waals surface area contributed by atoms with E-state index in [-0.39, 0.29) is 13.2 Å². The van der Waals surface area contributed by atoms with Crippen LogP contribution in [0.1, 0.15) is 40.5 Å². The first-order valence-electron chi connectivity index (χ1n) is 7.43. The summed E-state index contributed by atoms with van der Waals surface area (Å²) >= 11 is 3.26. The van der Waals surface area contributed by atoms with Gasteiger partial charge >= 0.3 is 5.97 Å². The lowest BCUT2D eigenvalue weighted by Gasteiger charge is -2.13. The molecule has 0 unspecified atom stereocenters. The Morgan fingerprint density at radius 1 is 1.13 bits per heavy atom. The number of carbonyl (C=O) groups is 3. The Morgan fingerprint density at radius 2 is 1.87 bits per heavy atom. The highest BCUT2D eigenvalue weighted by Crippen LogP contribution is 2.25. The minimum Gasteiger partial charge on any atom is -0.462 e. The first-order valence-corrected chi connectivity index (χ1v) is 8.23. The minimum absolute atomic E-state index is 0.108. The van der Waals surface area contributed by atoms with Crippen molar-refractivity contribution in [2.45, 2.75) is 19.8 Å². The van der Waals surface area contributed by atoms with Crippen molar-refractivity contribution < 1.29 is 23.9 Å². The van der Waals surface area contributed by atoms with Crippen LogP contribution in [0.25, 0.3) is 0 Å². The third-order valence-corrected chi connectivity index (χ3v) is 3.85. The van der Waals surface area contributed by atoms with E-state index in [1.807, 2.05) is 0 Å². The molecule has 0 aromatic heterocycles. The number of fused-ring (bicyclic) bond motifs is 1. The van der Waals surface area contributed by atoms with Gasteiger partial charge in [-0.2, -0.15) is 0 Å². The van der Waals surface area contributed by atoms with Gasteiger partial charge < -0.3 is 9.47 Å². The quantitative estimate of drug-likeness (QED) is 0.391. The van der Waals surface area contributed by atoms with Crippen LogP contribution in [0.5, 0.6) is 0 Å². The molecule has 124 valence electrons. The Bertz CT molecular complexity index is 616. The van der Waals surface area contributed by atoms with Gasteiger partial charge in [-0.05, 0) is 24.6 Å². The normalized spacial score (nSPS) is 13.4. The third-order valence-electron chi connectivity index (χ3n) is 3.35. The maximum atomic E-state index is 12.2. The predicted octanol–water partition coefficient (Wildman–Crippen LogP) is 2.41. The molecular weight excluding hydrogens is 366 g/mol. The number of amides is 2. The van der Waals surface area contributed by atoms with Crippen LogP contribution in [0.3, 0.4) is 0 Å². The molecule has 7 heteroatoms. The summed E-state index contributed by atoms with van der Waals surface area (Å²) in [5.74, 6) is -1.59. The fourth-order valence-corrected chi connectivity index (χ4v) is 2.51. The largest absolute Gasteiger partial charge is 0.462 e. The Labute approximate surface area is 142 Å². The lowest BCUT2D eigenvalue weighted by atomic mass is 10.1. The SMILES string of the molecule is CCCCOCCOC(=O)CN1C(=O)c2ccc(Br)cc2C1=O. The number of esters is 1. The average molecular weight is 384 g/mol. The van der Waals surface area contributed by atoms with Crippen LogP contribution < -0.4 is 0 Å². The third kappa shape index (κ3) is 4.39. The molecule has 0 fully saturated rings. The fraction of sp³-hybridized carbons (Fsp3) is 0.438. The zero-order valence-corrected chi connectivity index (χ0v) is 14.4. The van der Waals surface area contributed by atoms with Gasteiger partial charge in [0.15, 0.2) is 0 Å². The van der Waals surface area contributed by atoms with E-state index < -0.39 is 17.8 Å². The highest BCUT2D eigenvalue weighted by atomic mass is 79.9. The summed E-state index contributed by atoms with van der Waals surface area (Å²) in [4.78, 5) is 37.0. The number of hydrogen-bond donors (Lipinski definition) is 0. The van der Waals surface area contributed by atoms with Crippen LogP contribution >= 0.6 is 15.9 Å². The molecular formula is C16H18BrNO5. The van der Waals surface area contributed by atoms with E-state index >= 15 is 0 Å². The zero-order valence-electron chi connectivity index (χ0n) is 12.8. The maximum absolute atomic E-state index is 12.2. The fourth-order valence-electron chi connectivity index (χ4n) is 2.14.